The van der Waals surface area contributed by atoms with Gasteiger partial charge in [-0.2, -0.15) is 24.9 Å². The van der Waals surface area contributed by atoms with E-state index in [1.165, 1.54) is 12.1 Å². The standard InChI is InChI=1S/C12H16F3NS/c1-9(17-2)7-16-8-10-4-3-5-11(6-10)12(13,14)15/h3-6,9,16H,7-8H2,1-2H3. The molecule has 0 aliphatic heterocycles. The second-order valence-corrected chi connectivity index (χ2v) is 5.15. The molecule has 1 aromatic carbocycles. The Hall–Kier alpha value is -0.680. The third-order valence-electron chi connectivity index (χ3n) is 2.42. The number of benzene rings is 1. The Balaban J connectivity index is 2.55. The van der Waals surface area contributed by atoms with Crippen LogP contribution in [0.4, 0.5) is 13.2 Å². The van der Waals surface area contributed by atoms with E-state index in [9.17, 15) is 13.2 Å². The fourth-order valence-electron chi connectivity index (χ4n) is 1.36. The van der Waals surface area contributed by atoms with Crippen LogP contribution < -0.4 is 5.32 Å². The smallest absolute Gasteiger partial charge is 0.312 e. The minimum Gasteiger partial charge on any atom is -0.312 e. The number of hydrogen-bond donors (Lipinski definition) is 1. The first-order valence-corrected chi connectivity index (χ1v) is 6.62. The molecule has 0 bridgehead atoms. The van der Waals surface area contributed by atoms with E-state index >= 15 is 0 Å². The average molecular weight is 263 g/mol. The highest BCUT2D eigenvalue weighted by Gasteiger charge is 2.30. The monoisotopic (exact) mass is 263 g/mol. The van der Waals surface area contributed by atoms with Crippen LogP contribution >= 0.6 is 11.8 Å². The quantitative estimate of drug-likeness (QED) is 0.872. The summed E-state index contributed by atoms with van der Waals surface area (Å²) < 4.78 is 37.3. The van der Waals surface area contributed by atoms with E-state index < -0.39 is 11.7 Å². The van der Waals surface area contributed by atoms with Gasteiger partial charge in [0.1, 0.15) is 0 Å². The van der Waals surface area contributed by atoms with E-state index in [4.69, 9.17) is 0 Å². The lowest BCUT2D eigenvalue weighted by molar-refractivity contribution is -0.137. The summed E-state index contributed by atoms with van der Waals surface area (Å²) >= 11 is 1.72. The van der Waals surface area contributed by atoms with E-state index in [1.54, 1.807) is 17.8 Å². The number of hydrogen-bond acceptors (Lipinski definition) is 2. The molecular weight excluding hydrogens is 247 g/mol. The van der Waals surface area contributed by atoms with Gasteiger partial charge < -0.3 is 5.32 Å². The Morgan fingerprint density at radius 1 is 1.35 bits per heavy atom. The molecule has 0 spiro atoms. The summed E-state index contributed by atoms with van der Waals surface area (Å²) in [4.78, 5) is 0. The third-order valence-corrected chi connectivity index (χ3v) is 3.39. The van der Waals surface area contributed by atoms with Gasteiger partial charge in [-0.25, -0.2) is 0 Å². The SMILES string of the molecule is CSC(C)CNCc1cccc(C(F)(F)F)c1. The van der Waals surface area contributed by atoms with Crippen molar-refractivity contribution in [1.29, 1.82) is 0 Å². The van der Waals surface area contributed by atoms with Crippen LogP contribution in [0.25, 0.3) is 0 Å². The van der Waals surface area contributed by atoms with Gasteiger partial charge in [-0.3, -0.25) is 0 Å². The Morgan fingerprint density at radius 2 is 2.06 bits per heavy atom. The number of nitrogens with one attached hydrogen (secondary N) is 1. The van der Waals surface area contributed by atoms with Crippen LogP contribution in [0.1, 0.15) is 18.1 Å². The second-order valence-electron chi connectivity index (χ2n) is 3.88. The van der Waals surface area contributed by atoms with Crippen LogP contribution in [0.5, 0.6) is 0 Å². The van der Waals surface area contributed by atoms with Crippen LogP contribution in [0.15, 0.2) is 24.3 Å². The van der Waals surface area contributed by atoms with E-state index in [2.05, 4.69) is 12.2 Å². The summed E-state index contributed by atoms with van der Waals surface area (Å²) in [5, 5.41) is 3.60. The number of alkyl halides is 3. The first-order chi connectivity index (χ1) is 7.93. The highest BCUT2D eigenvalue weighted by Crippen LogP contribution is 2.29. The predicted octanol–water partition coefficient (Wildman–Crippen LogP) is 3.55. The molecule has 0 fully saturated rings. The fraction of sp³-hybridized carbons (Fsp3) is 0.500. The first kappa shape index (κ1) is 14.4. The van der Waals surface area contributed by atoms with Gasteiger partial charge in [-0.15, -0.1) is 0 Å². The summed E-state index contributed by atoms with van der Waals surface area (Å²) in [5.74, 6) is 0. The molecule has 0 amide bonds. The van der Waals surface area contributed by atoms with Crippen molar-refractivity contribution >= 4 is 11.8 Å². The normalized spacial score (nSPS) is 13.7. The van der Waals surface area contributed by atoms with Gasteiger partial charge >= 0.3 is 6.18 Å². The molecule has 0 radical (unpaired) electrons. The second kappa shape index (κ2) is 6.31. The molecule has 96 valence electrons. The molecule has 17 heavy (non-hydrogen) atoms. The maximum Gasteiger partial charge on any atom is 0.416 e. The molecule has 0 aromatic heterocycles. The maximum atomic E-state index is 12.4. The van der Waals surface area contributed by atoms with E-state index in [1.807, 2.05) is 6.26 Å². The molecule has 1 nitrogen and oxygen atoms in total. The summed E-state index contributed by atoms with van der Waals surface area (Å²) in [6.45, 7) is 3.33. The van der Waals surface area contributed by atoms with Gasteiger partial charge in [-0.1, -0.05) is 25.1 Å². The maximum absolute atomic E-state index is 12.4. The summed E-state index contributed by atoms with van der Waals surface area (Å²) in [7, 11) is 0. The largest absolute Gasteiger partial charge is 0.416 e. The molecule has 0 saturated heterocycles. The molecule has 0 heterocycles. The zero-order valence-electron chi connectivity index (χ0n) is 9.84. The molecule has 1 N–H and O–H groups in total. The minimum atomic E-state index is -4.26. The van der Waals surface area contributed by atoms with Crippen LogP contribution in [-0.2, 0) is 12.7 Å². The van der Waals surface area contributed by atoms with Crippen molar-refractivity contribution in [3.8, 4) is 0 Å². The molecular formula is C12H16F3NS. The van der Waals surface area contributed by atoms with Crippen molar-refractivity contribution in [3.63, 3.8) is 0 Å². The van der Waals surface area contributed by atoms with Crippen LogP contribution in [0.3, 0.4) is 0 Å². The van der Waals surface area contributed by atoms with E-state index in [0.29, 0.717) is 17.4 Å². The van der Waals surface area contributed by atoms with Crippen molar-refractivity contribution in [2.75, 3.05) is 12.8 Å². The predicted molar refractivity (Wildman–Crippen MR) is 66.1 cm³/mol. The summed E-state index contributed by atoms with van der Waals surface area (Å²) in [5.41, 5.74) is 0.0721. The highest BCUT2D eigenvalue weighted by molar-refractivity contribution is 7.99. The molecule has 0 aliphatic rings. The number of rotatable bonds is 5. The lowest BCUT2D eigenvalue weighted by Crippen LogP contribution is -2.22. The van der Waals surface area contributed by atoms with Gasteiger partial charge in [0.15, 0.2) is 0 Å². The van der Waals surface area contributed by atoms with Gasteiger partial charge in [0, 0.05) is 18.3 Å². The molecule has 1 rings (SSSR count). The Kier molecular flexibility index (Phi) is 5.33. The topological polar surface area (TPSA) is 12.0 Å². The van der Waals surface area contributed by atoms with Crippen molar-refractivity contribution in [2.24, 2.45) is 0 Å². The lowest BCUT2D eigenvalue weighted by atomic mass is 10.1. The van der Waals surface area contributed by atoms with E-state index in [0.717, 1.165) is 12.6 Å². The van der Waals surface area contributed by atoms with Gasteiger partial charge in [0.05, 0.1) is 5.56 Å². The number of thioether (sulfide) groups is 1. The molecule has 5 heteroatoms. The Bertz CT molecular complexity index is 352. The van der Waals surface area contributed by atoms with Crippen molar-refractivity contribution in [1.82, 2.24) is 5.32 Å². The van der Waals surface area contributed by atoms with Gasteiger partial charge in [0.2, 0.25) is 0 Å². The van der Waals surface area contributed by atoms with Crippen molar-refractivity contribution in [3.05, 3.63) is 35.4 Å². The zero-order chi connectivity index (χ0) is 12.9. The molecule has 0 aliphatic carbocycles. The van der Waals surface area contributed by atoms with Gasteiger partial charge in [-0.05, 0) is 17.9 Å². The lowest BCUT2D eigenvalue weighted by Gasteiger charge is -2.11. The van der Waals surface area contributed by atoms with Crippen LogP contribution in [-0.4, -0.2) is 18.1 Å². The van der Waals surface area contributed by atoms with Crippen LogP contribution in [0, 0.1) is 0 Å². The molecule has 1 aromatic rings. The first-order valence-electron chi connectivity index (χ1n) is 5.33. The fourth-order valence-corrected chi connectivity index (χ4v) is 1.65. The molecule has 0 saturated carbocycles. The Morgan fingerprint density at radius 3 is 2.65 bits per heavy atom. The summed E-state index contributed by atoms with van der Waals surface area (Å²) in [6.07, 6.45) is -2.25. The molecule has 1 atom stereocenters. The number of halogens is 3. The van der Waals surface area contributed by atoms with Crippen LogP contribution in [0.2, 0.25) is 0 Å². The average Bonchev–Trinajstić information content (AvgIpc) is 2.28. The van der Waals surface area contributed by atoms with Crippen molar-refractivity contribution in [2.45, 2.75) is 24.9 Å². The highest BCUT2D eigenvalue weighted by atomic mass is 32.2. The van der Waals surface area contributed by atoms with Gasteiger partial charge in [0.25, 0.3) is 0 Å². The molecule has 1 unspecified atom stereocenters. The Labute approximate surface area is 104 Å². The van der Waals surface area contributed by atoms with Crippen molar-refractivity contribution < 1.29 is 13.2 Å². The minimum absolute atomic E-state index is 0.459. The van der Waals surface area contributed by atoms with E-state index in [-0.39, 0.29) is 0 Å². The summed E-state index contributed by atoms with van der Waals surface area (Å²) in [6, 6.07) is 5.43. The third kappa shape index (κ3) is 5.00. The zero-order valence-corrected chi connectivity index (χ0v) is 10.7.